The maximum atomic E-state index is 9.11. The third-order valence-electron chi connectivity index (χ3n) is 2.32. The first kappa shape index (κ1) is 11.2. The fraction of sp³-hybridized carbons (Fsp3) is 0. The third-order valence-corrected chi connectivity index (χ3v) is 2.32. The summed E-state index contributed by atoms with van der Waals surface area (Å²) < 4.78 is 0. The van der Waals surface area contributed by atoms with E-state index in [4.69, 9.17) is 10.9 Å². The van der Waals surface area contributed by atoms with Crippen molar-refractivity contribution >= 4 is 17.2 Å². The van der Waals surface area contributed by atoms with Crippen LogP contribution in [0, 0.1) is 0 Å². The second-order valence-corrected chi connectivity index (χ2v) is 3.50. The monoisotopic (exact) mass is 227 g/mol. The number of benzene rings is 2. The van der Waals surface area contributed by atoms with E-state index in [1.165, 1.54) is 0 Å². The molecular weight excluding hydrogens is 214 g/mol. The van der Waals surface area contributed by atoms with Gasteiger partial charge in [-0.3, -0.25) is 10.7 Å². The highest BCUT2D eigenvalue weighted by atomic mass is 16.5. The van der Waals surface area contributed by atoms with E-state index in [0.29, 0.717) is 17.2 Å². The predicted octanol–water partition coefficient (Wildman–Crippen LogP) is 2.33. The summed E-state index contributed by atoms with van der Waals surface area (Å²) in [6.45, 7) is 0. The third kappa shape index (κ3) is 2.62. The number of nitrogens with two attached hydrogens (primary N) is 1. The highest BCUT2D eigenvalue weighted by Gasteiger charge is 2.02. The van der Waals surface area contributed by atoms with Crippen molar-refractivity contribution in [1.82, 2.24) is 5.48 Å². The summed E-state index contributed by atoms with van der Waals surface area (Å²) in [5.41, 5.74) is 9.85. The molecule has 0 unspecified atom stereocenters. The van der Waals surface area contributed by atoms with Crippen molar-refractivity contribution in [3.8, 4) is 0 Å². The summed E-state index contributed by atoms with van der Waals surface area (Å²) in [4.78, 5) is 4.28. The molecule has 4 N–H and O–H groups in total. The van der Waals surface area contributed by atoms with E-state index >= 15 is 0 Å². The van der Waals surface area contributed by atoms with Gasteiger partial charge in [-0.1, -0.05) is 42.5 Å². The van der Waals surface area contributed by atoms with E-state index in [9.17, 15) is 0 Å². The minimum absolute atomic E-state index is 0.364. The van der Waals surface area contributed by atoms with E-state index < -0.39 is 0 Å². The first-order chi connectivity index (χ1) is 8.31. The van der Waals surface area contributed by atoms with E-state index in [0.717, 1.165) is 5.56 Å². The van der Waals surface area contributed by atoms with Gasteiger partial charge in [0.05, 0.1) is 11.4 Å². The van der Waals surface area contributed by atoms with Gasteiger partial charge in [-0.25, -0.2) is 4.99 Å². The van der Waals surface area contributed by atoms with Crippen molar-refractivity contribution in [2.24, 2.45) is 4.99 Å². The van der Waals surface area contributed by atoms with E-state index in [1.54, 1.807) is 12.1 Å². The minimum atomic E-state index is 0.364. The Balaban J connectivity index is 2.40. The summed E-state index contributed by atoms with van der Waals surface area (Å²) in [7, 11) is 0. The Morgan fingerprint density at radius 1 is 1.00 bits per heavy atom. The lowest BCUT2D eigenvalue weighted by Crippen LogP contribution is -2.19. The van der Waals surface area contributed by atoms with Crippen LogP contribution >= 0.6 is 0 Å². The van der Waals surface area contributed by atoms with Crippen molar-refractivity contribution in [3.05, 3.63) is 60.2 Å². The minimum Gasteiger partial charge on any atom is -0.397 e. The fourth-order valence-corrected chi connectivity index (χ4v) is 1.46. The average molecular weight is 227 g/mol. The van der Waals surface area contributed by atoms with Crippen LogP contribution < -0.4 is 11.2 Å². The summed E-state index contributed by atoms with van der Waals surface area (Å²) in [6, 6.07) is 16.6. The highest BCUT2D eigenvalue weighted by Crippen LogP contribution is 2.21. The quantitative estimate of drug-likeness (QED) is 0.319. The van der Waals surface area contributed by atoms with E-state index in [2.05, 4.69) is 10.5 Å². The molecule has 0 aliphatic carbocycles. The SMILES string of the molecule is Nc1ccccc1N=C(NO)c1ccccc1. The Bertz CT molecular complexity index is 523. The topological polar surface area (TPSA) is 70.6 Å². The Morgan fingerprint density at radius 2 is 1.65 bits per heavy atom. The molecule has 0 amide bonds. The van der Waals surface area contributed by atoms with Gasteiger partial charge < -0.3 is 5.73 Å². The van der Waals surface area contributed by atoms with E-state index in [1.807, 2.05) is 42.5 Å². The molecule has 4 heteroatoms. The smallest absolute Gasteiger partial charge is 0.157 e. The summed E-state index contributed by atoms with van der Waals surface area (Å²) in [5.74, 6) is 0.364. The van der Waals surface area contributed by atoms with Crippen LogP contribution in [0.25, 0.3) is 0 Å². The molecule has 0 fully saturated rings. The number of nitrogen functional groups attached to an aromatic ring is 1. The van der Waals surface area contributed by atoms with E-state index in [-0.39, 0.29) is 0 Å². The molecule has 0 spiro atoms. The van der Waals surface area contributed by atoms with Crippen LogP contribution in [0.4, 0.5) is 11.4 Å². The summed E-state index contributed by atoms with van der Waals surface area (Å²) in [5, 5.41) is 9.11. The molecule has 17 heavy (non-hydrogen) atoms. The molecule has 4 nitrogen and oxygen atoms in total. The zero-order chi connectivity index (χ0) is 12.1. The Morgan fingerprint density at radius 3 is 2.29 bits per heavy atom. The van der Waals surface area contributed by atoms with Crippen LogP contribution in [0.15, 0.2) is 59.6 Å². The van der Waals surface area contributed by atoms with Crippen LogP contribution in [0.1, 0.15) is 5.56 Å². The van der Waals surface area contributed by atoms with Gasteiger partial charge in [-0.2, -0.15) is 0 Å². The van der Waals surface area contributed by atoms with Crippen LogP contribution in [0.3, 0.4) is 0 Å². The normalized spacial score (nSPS) is 11.2. The van der Waals surface area contributed by atoms with Crippen molar-refractivity contribution < 1.29 is 5.21 Å². The standard InChI is InChI=1S/C13H13N3O/c14-11-8-4-5-9-12(11)15-13(16-17)10-6-2-1-3-7-10/h1-9,17H,14H2,(H,15,16). The first-order valence-electron chi connectivity index (χ1n) is 5.20. The van der Waals surface area contributed by atoms with Gasteiger partial charge in [0.25, 0.3) is 0 Å². The molecule has 0 bridgehead atoms. The van der Waals surface area contributed by atoms with Crippen molar-refractivity contribution in [1.29, 1.82) is 0 Å². The molecular formula is C13H13N3O. The lowest BCUT2D eigenvalue weighted by atomic mass is 10.2. The van der Waals surface area contributed by atoms with Gasteiger partial charge in [0, 0.05) is 5.56 Å². The lowest BCUT2D eigenvalue weighted by molar-refractivity contribution is 0.235. The number of hydrogen-bond donors (Lipinski definition) is 3. The molecule has 0 atom stereocenters. The number of hydroxylamine groups is 1. The van der Waals surface area contributed by atoms with Gasteiger partial charge in [-0.05, 0) is 12.1 Å². The van der Waals surface area contributed by atoms with Gasteiger partial charge in [0.1, 0.15) is 0 Å². The van der Waals surface area contributed by atoms with Gasteiger partial charge >= 0.3 is 0 Å². The Kier molecular flexibility index (Phi) is 3.37. The molecule has 0 aliphatic heterocycles. The second-order valence-electron chi connectivity index (χ2n) is 3.50. The molecule has 0 heterocycles. The molecule has 0 saturated heterocycles. The number of rotatable bonds is 2. The number of para-hydroxylation sites is 2. The summed E-state index contributed by atoms with van der Waals surface area (Å²) in [6.07, 6.45) is 0. The predicted molar refractivity (Wildman–Crippen MR) is 68.4 cm³/mol. The number of hydrogen-bond acceptors (Lipinski definition) is 3. The van der Waals surface area contributed by atoms with Crippen LogP contribution in [-0.4, -0.2) is 11.0 Å². The number of nitrogens with zero attached hydrogens (tertiary/aromatic N) is 1. The van der Waals surface area contributed by atoms with Crippen LogP contribution in [-0.2, 0) is 0 Å². The van der Waals surface area contributed by atoms with Crippen LogP contribution in [0.2, 0.25) is 0 Å². The first-order valence-corrected chi connectivity index (χ1v) is 5.20. The Hall–Kier alpha value is -2.33. The van der Waals surface area contributed by atoms with Gasteiger partial charge in [0.2, 0.25) is 0 Å². The zero-order valence-electron chi connectivity index (χ0n) is 9.17. The molecule has 0 saturated carbocycles. The molecule has 2 aromatic rings. The maximum Gasteiger partial charge on any atom is 0.157 e. The van der Waals surface area contributed by atoms with Gasteiger partial charge in [0.15, 0.2) is 5.84 Å². The van der Waals surface area contributed by atoms with Gasteiger partial charge in [-0.15, -0.1) is 0 Å². The number of amidine groups is 1. The zero-order valence-corrected chi connectivity index (χ0v) is 9.17. The number of aliphatic imine (C=N–C) groups is 1. The van der Waals surface area contributed by atoms with Crippen molar-refractivity contribution in [2.45, 2.75) is 0 Å². The largest absolute Gasteiger partial charge is 0.397 e. The molecule has 0 radical (unpaired) electrons. The number of anilines is 1. The molecule has 86 valence electrons. The lowest BCUT2D eigenvalue weighted by Gasteiger charge is -2.06. The molecule has 2 aromatic carbocycles. The highest BCUT2D eigenvalue weighted by molar-refractivity contribution is 6.00. The fourth-order valence-electron chi connectivity index (χ4n) is 1.46. The van der Waals surface area contributed by atoms with Crippen LogP contribution in [0.5, 0.6) is 0 Å². The second kappa shape index (κ2) is 5.14. The van der Waals surface area contributed by atoms with Crippen molar-refractivity contribution in [2.75, 3.05) is 5.73 Å². The van der Waals surface area contributed by atoms with Crippen molar-refractivity contribution in [3.63, 3.8) is 0 Å². The molecule has 2 rings (SSSR count). The molecule has 0 aromatic heterocycles. The maximum absolute atomic E-state index is 9.11. The molecule has 0 aliphatic rings. The Labute approximate surface area is 99.4 Å². The summed E-state index contributed by atoms with van der Waals surface area (Å²) >= 11 is 0. The average Bonchev–Trinajstić information content (AvgIpc) is 2.39. The number of nitrogens with one attached hydrogen (secondary N) is 1.